The van der Waals surface area contributed by atoms with Gasteiger partial charge in [0.05, 0.1) is 16.5 Å². The summed E-state index contributed by atoms with van der Waals surface area (Å²) in [4.78, 5) is 16.4. The summed E-state index contributed by atoms with van der Waals surface area (Å²) in [5.41, 5.74) is 1.89. The fourth-order valence-corrected chi connectivity index (χ4v) is 4.89. The number of nitrogens with zero attached hydrogens (tertiary/aromatic N) is 1. The second kappa shape index (κ2) is 8.39. The minimum atomic E-state index is -3.58. The van der Waals surface area contributed by atoms with Crippen molar-refractivity contribution in [1.29, 1.82) is 0 Å². The Kier molecular flexibility index (Phi) is 6.16. The maximum absolute atomic E-state index is 12.2. The lowest BCUT2D eigenvalue weighted by Gasteiger charge is -2.05. The molecule has 0 aliphatic heterocycles. The van der Waals surface area contributed by atoms with Crippen LogP contribution in [0.1, 0.15) is 5.56 Å². The van der Waals surface area contributed by atoms with Crippen molar-refractivity contribution in [3.8, 4) is 11.3 Å². The Bertz CT molecular complexity index is 1070. The summed E-state index contributed by atoms with van der Waals surface area (Å²) in [6.07, 6.45) is 0. The average molecular weight is 441 g/mol. The Morgan fingerprint density at radius 3 is 2.56 bits per heavy atom. The lowest BCUT2D eigenvalue weighted by Crippen LogP contribution is -2.23. The maximum Gasteiger partial charge on any atom is 0.241 e. The number of benzene rings is 2. The van der Waals surface area contributed by atoms with Crippen molar-refractivity contribution < 1.29 is 13.2 Å². The van der Waals surface area contributed by atoms with Crippen molar-refractivity contribution in [3.63, 3.8) is 0 Å². The predicted octanol–water partition coefficient (Wildman–Crippen LogP) is 4.67. The maximum atomic E-state index is 12.2. The molecule has 0 unspecified atom stereocenters. The third kappa shape index (κ3) is 5.52. The summed E-state index contributed by atoms with van der Waals surface area (Å²) < 4.78 is 24.4. The normalized spacial score (nSPS) is 11.3. The molecule has 0 atom stereocenters. The smallest absolute Gasteiger partial charge is 0.241 e. The Morgan fingerprint density at radius 2 is 1.85 bits per heavy atom. The molecule has 1 aromatic heterocycles. The van der Waals surface area contributed by atoms with Crippen molar-refractivity contribution >= 4 is 55.4 Å². The molecule has 0 aliphatic carbocycles. The monoisotopic (exact) mass is 440 g/mol. The van der Waals surface area contributed by atoms with Gasteiger partial charge in [-0.3, -0.25) is 4.79 Å². The van der Waals surface area contributed by atoms with Crippen LogP contribution in [0.2, 0.25) is 10.0 Å². The van der Waals surface area contributed by atoms with Gasteiger partial charge in [0.25, 0.3) is 0 Å². The molecular formula is C18H14Cl2N2O3S2. The standard InChI is InChI=1S/C18H14Cl2N2O3S2/c19-13-6-7-14(15(20)8-13)16-9-26-18(21-16)22-17(23)11-27(24,25)10-12-4-2-1-3-5-12/h1-9H,10-11H2,(H,21,22,23). The van der Waals surface area contributed by atoms with Crippen LogP contribution in [0.15, 0.2) is 53.9 Å². The molecule has 0 bridgehead atoms. The number of hydrogen-bond acceptors (Lipinski definition) is 5. The van der Waals surface area contributed by atoms with Gasteiger partial charge in [0.1, 0.15) is 5.75 Å². The van der Waals surface area contributed by atoms with Crippen LogP contribution in [0.4, 0.5) is 5.13 Å². The zero-order valence-corrected chi connectivity index (χ0v) is 17.0. The van der Waals surface area contributed by atoms with E-state index in [-0.39, 0.29) is 5.75 Å². The molecule has 0 radical (unpaired) electrons. The summed E-state index contributed by atoms with van der Waals surface area (Å²) in [6.45, 7) is 0. The highest BCUT2D eigenvalue weighted by molar-refractivity contribution is 7.91. The number of sulfone groups is 1. The molecular weight excluding hydrogens is 427 g/mol. The van der Waals surface area contributed by atoms with E-state index >= 15 is 0 Å². The van der Waals surface area contributed by atoms with Crippen molar-refractivity contribution in [3.05, 3.63) is 69.5 Å². The highest BCUT2D eigenvalue weighted by atomic mass is 35.5. The highest BCUT2D eigenvalue weighted by Gasteiger charge is 2.19. The number of hydrogen-bond donors (Lipinski definition) is 1. The van der Waals surface area contributed by atoms with Gasteiger partial charge >= 0.3 is 0 Å². The third-order valence-corrected chi connectivity index (χ3v) is 6.32. The number of carbonyl (C=O) groups excluding carboxylic acids is 1. The van der Waals surface area contributed by atoms with E-state index in [2.05, 4.69) is 10.3 Å². The first-order valence-electron chi connectivity index (χ1n) is 7.77. The van der Waals surface area contributed by atoms with Crippen LogP contribution in [0.3, 0.4) is 0 Å². The second-order valence-electron chi connectivity index (χ2n) is 5.73. The molecule has 9 heteroatoms. The summed E-state index contributed by atoms with van der Waals surface area (Å²) in [6, 6.07) is 13.7. The van der Waals surface area contributed by atoms with Gasteiger partial charge < -0.3 is 5.32 Å². The lowest BCUT2D eigenvalue weighted by molar-refractivity contribution is -0.113. The van der Waals surface area contributed by atoms with Crippen molar-refractivity contribution in [1.82, 2.24) is 4.98 Å². The van der Waals surface area contributed by atoms with E-state index in [4.69, 9.17) is 23.2 Å². The van der Waals surface area contributed by atoms with Crippen molar-refractivity contribution in [2.75, 3.05) is 11.1 Å². The SMILES string of the molecule is O=C(CS(=O)(=O)Cc1ccccc1)Nc1nc(-c2ccc(Cl)cc2Cl)cs1. The highest BCUT2D eigenvalue weighted by Crippen LogP contribution is 2.32. The van der Waals surface area contributed by atoms with E-state index in [9.17, 15) is 13.2 Å². The van der Waals surface area contributed by atoms with Gasteiger partial charge in [-0.05, 0) is 23.8 Å². The van der Waals surface area contributed by atoms with Crippen molar-refractivity contribution in [2.45, 2.75) is 5.75 Å². The summed E-state index contributed by atoms with van der Waals surface area (Å²) in [5, 5.41) is 5.50. The zero-order chi connectivity index (χ0) is 19.4. The van der Waals surface area contributed by atoms with Crippen LogP contribution >= 0.6 is 34.5 Å². The van der Waals surface area contributed by atoms with Gasteiger partial charge in [-0.1, -0.05) is 53.5 Å². The molecule has 0 spiro atoms. The Morgan fingerprint density at radius 1 is 1.11 bits per heavy atom. The fraction of sp³-hybridized carbons (Fsp3) is 0.111. The largest absolute Gasteiger partial charge is 0.301 e. The third-order valence-electron chi connectivity index (χ3n) is 3.54. The molecule has 27 heavy (non-hydrogen) atoms. The van der Waals surface area contributed by atoms with Crippen LogP contribution in [-0.4, -0.2) is 25.1 Å². The summed E-state index contributed by atoms with van der Waals surface area (Å²) in [7, 11) is -3.58. The van der Waals surface area contributed by atoms with E-state index in [0.717, 1.165) is 0 Å². The molecule has 0 saturated heterocycles. The van der Waals surface area contributed by atoms with Crippen LogP contribution in [0, 0.1) is 0 Å². The molecule has 1 heterocycles. The minimum Gasteiger partial charge on any atom is -0.301 e. The molecule has 3 aromatic rings. The van der Waals surface area contributed by atoms with Gasteiger partial charge in [0.15, 0.2) is 15.0 Å². The van der Waals surface area contributed by atoms with E-state index in [1.165, 1.54) is 11.3 Å². The second-order valence-corrected chi connectivity index (χ2v) is 9.49. The molecule has 2 aromatic carbocycles. The van der Waals surface area contributed by atoms with Crippen LogP contribution in [0.25, 0.3) is 11.3 Å². The molecule has 0 aliphatic rings. The number of amides is 1. The van der Waals surface area contributed by atoms with Crippen LogP contribution in [0.5, 0.6) is 0 Å². The minimum absolute atomic E-state index is 0.190. The first-order valence-corrected chi connectivity index (χ1v) is 11.2. The Labute approximate surface area is 170 Å². The zero-order valence-electron chi connectivity index (χ0n) is 13.9. The van der Waals surface area contributed by atoms with Crippen molar-refractivity contribution in [2.24, 2.45) is 0 Å². The predicted molar refractivity (Wildman–Crippen MR) is 110 cm³/mol. The van der Waals surface area contributed by atoms with Gasteiger partial charge in [0, 0.05) is 16.0 Å². The number of aromatic nitrogens is 1. The van der Waals surface area contributed by atoms with E-state index < -0.39 is 21.5 Å². The fourth-order valence-electron chi connectivity index (χ4n) is 2.39. The first kappa shape index (κ1) is 19.8. The van der Waals surface area contributed by atoms with E-state index in [1.807, 2.05) is 0 Å². The summed E-state index contributed by atoms with van der Waals surface area (Å²) in [5.74, 6) is -1.43. The van der Waals surface area contributed by atoms with E-state index in [1.54, 1.807) is 53.9 Å². The molecule has 0 fully saturated rings. The number of nitrogens with one attached hydrogen (secondary N) is 1. The molecule has 0 saturated carbocycles. The number of rotatable bonds is 6. The molecule has 3 rings (SSSR count). The average Bonchev–Trinajstić information content (AvgIpc) is 3.02. The topological polar surface area (TPSA) is 76.1 Å². The number of halogens is 2. The quantitative estimate of drug-likeness (QED) is 0.603. The number of carbonyl (C=O) groups is 1. The molecule has 1 amide bonds. The van der Waals surface area contributed by atoms with Gasteiger partial charge in [0.2, 0.25) is 5.91 Å². The number of thiazole rings is 1. The molecule has 140 valence electrons. The van der Waals surface area contributed by atoms with Crippen LogP contribution < -0.4 is 5.32 Å². The lowest BCUT2D eigenvalue weighted by atomic mass is 10.2. The summed E-state index contributed by atoms with van der Waals surface area (Å²) >= 11 is 13.2. The van der Waals surface area contributed by atoms with Crippen LogP contribution in [-0.2, 0) is 20.4 Å². The van der Waals surface area contributed by atoms with Gasteiger partial charge in [-0.2, -0.15) is 0 Å². The first-order chi connectivity index (χ1) is 12.8. The Hall–Kier alpha value is -1.93. The Balaban J connectivity index is 1.65. The van der Waals surface area contributed by atoms with Gasteiger partial charge in [-0.25, -0.2) is 13.4 Å². The number of anilines is 1. The van der Waals surface area contributed by atoms with E-state index in [0.29, 0.717) is 32.0 Å². The molecule has 1 N–H and O–H groups in total. The molecule has 5 nitrogen and oxygen atoms in total. The van der Waals surface area contributed by atoms with Gasteiger partial charge in [-0.15, -0.1) is 11.3 Å².